The molecule has 0 saturated heterocycles. The van der Waals surface area contributed by atoms with Crippen LogP contribution in [0.25, 0.3) is 0 Å². The largest absolute Gasteiger partial charge is 0.475 e. The second kappa shape index (κ2) is 5.56. The summed E-state index contributed by atoms with van der Waals surface area (Å²) in [5.74, 6) is 0.0776. The van der Waals surface area contributed by atoms with E-state index in [1.165, 1.54) is 29.2 Å². The lowest BCUT2D eigenvalue weighted by atomic mass is 10.4. The first-order valence-electron chi connectivity index (χ1n) is 4.51. The summed E-state index contributed by atoms with van der Waals surface area (Å²) in [5, 5.41) is 16.7. The van der Waals surface area contributed by atoms with Crippen LogP contribution in [0, 0.1) is 0 Å². The molecule has 1 N–H and O–H groups in total. The van der Waals surface area contributed by atoms with Gasteiger partial charge in [0.25, 0.3) is 0 Å². The zero-order valence-corrected chi connectivity index (χ0v) is 11.2. The van der Waals surface area contributed by atoms with E-state index in [9.17, 15) is 4.79 Å². The highest BCUT2D eigenvalue weighted by atomic mass is 32.2. The number of hydrogen-bond donors (Lipinski definition) is 1. The molecule has 17 heavy (non-hydrogen) atoms. The summed E-state index contributed by atoms with van der Waals surface area (Å²) < 4.78 is 6.90. The fourth-order valence-corrected chi connectivity index (χ4v) is 3.37. The third-order valence-electron chi connectivity index (χ3n) is 1.77. The van der Waals surface area contributed by atoms with E-state index in [1.54, 1.807) is 17.8 Å². The SMILES string of the molecule is CSc1nnc(SCc2ccc(C(=O)O)o2)s1. The number of rotatable bonds is 5. The maximum atomic E-state index is 10.6. The molecule has 2 rings (SSSR count). The molecule has 0 radical (unpaired) electrons. The fourth-order valence-electron chi connectivity index (χ4n) is 1.04. The fraction of sp³-hybridized carbons (Fsp3) is 0.222. The van der Waals surface area contributed by atoms with Gasteiger partial charge in [-0.2, -0.15) is 0 Å². The van der Waals surface area contributed by atoms with E-state index < -0.39 is 5.97 Å². The van der Waals surface area contributed by atoms with E-state index in [0.717, 1.165) is 8.68 Å². The highest BCUT2D eigenvalue weighted by Gasteiger charge is 2.10. The van der Waals surface area contributed by atoms with E-state index in [1.807, 2.05) is 6.26 Å². The molecule has 0 aliphatic rings. The molecular formula is C9H8N2O3S3. The zero-order valence-electron chi connectivity index (χ0n) is 8.74. The molecule has 0 spiro atoms. The van der Waals surface area contributed by atoms with Gasteiger partial charge in [0.2, 0.25) is 5.76 Å². The number of carboxylic acids is 1. The molecule has 0 fully saturated rings. The van der Waals surface area contributed by atoms with Crippen LogP contribution < -0.4 is 0 Å². The lowest BCUT2D eigenvalue weighted by Crippen LogP contribution is -1.91. The summed E-state index contributed by atoms with van der Waals surface area (Å²) in [6.07, 6.45) is 1.95. The number of nitrogens with zero attached hydrogens (tertiary/aromatic N) is 2. The molecule has 0 atom stereocenters. The van der Waals surface area contributed by atoms with E-state index >= 15 is 0 Å². The van der Waals surface area contributed by atoms with Crippen LogP contribution in [-0.4, -0.2) is 27.5 Å². The van der Waals surface area contributed by atoms with Crippen molar-refractivity contribution in [2.24, 2.45) is 0 Å². The molecule has 8 heteroatoms. The van der Waals surface area contributed by atoms with Crippen LogP contribution in [0.4, 0.5) is 0 Å². The topological polar surface area (TPSA) is 76.2 Å². The van der Waals surface area contributed by atoms with Gasteiger partial charge in [0, 0.05) is 0 Å². The molecule has 2 aromatic rings. The summed E-state index contributed by atoms with van der Waals surface area (Å²) in [4.78, 5) is 10.6. The van der Waals surface area contributed by atoms with E-state index in [0.29, 0.717) is 11.5 Å². The molecule has 90 valence electrons. The number of hydrogen-bond acceptors (Lipinski definition) is 7. The van der Waals surface area contributed by atoms with Gasteiger partial charge in [-0.25, -0.2) is 4.79 Å². The number of aromatic nitrogens is 2. The smallest absolute Gasteiger partial charge is 0.371 e. The predicted molar refractivity (Wildman–Crippen MR) is 66.9 cm³/mol. The Morgan fingerprint density at radius 3 is 2.82 bits per heavy atom. The first-order chi connectivity index (χ1) is 8.19. The Kier molecular flexibility index (Phi) is 4.08. The van der Waals surface area contributed by atoms with Gasteiger partial charge in [0.1, 0.15) is 5.76 Å². The Morgan fingerprint density at radius 2 is 2.24 bits per heavy atom. The van der Waals surface area contributed by atoms with Crippen LogP contribution in [0.5, 0.6) is 0 Å². The van der Waals surface area contributed by atoms with E-state index in [2.05, 4.69) is 10.2 Å². The molecule has 2 heterocycles. The Balaban J connectivity index is 1.94. The van der Waals surface area contributed by atoms with Crippen LogP contribution >= 0.6 is 34.9 Å². The third kappa shape index (κ3) is 3.24. The summed E-state index contributed by atoms with van der Waals surface area (Å²) in [6.45, 7) is 0. The Bertz CT molecular complexity index is 523. The average Bonchev–Trinajstić information content (AvgIpc) is 2.95. The quantitative estimate of drug-likeness (QED) is 0.848. The molecular weight excluding hydrogens is 280 g/mol. The number of carbonyl (C=O) groups is 1. The standard InChI is InChI=1S/C9H8N2O3S3/c1-15-8-10-11-9(17-8)16-4-5-2-3-6(14-5)7(12)13/h2-3H,4H2,1H3,(H,12,13). The second-order valence-electron chi connectivity index (χ2n) is 2.90. The molecule has 2 aromatic heterocycles. The zero-order chi connectivity index (χ0) is 12.3. The van der Waals surface area contributed by atoms with Gasteiger partial charge < -0.3 is 9.52 Å². The molecule has 0 saturated carbocycles. The van der Waals surface area contributed by atoms with Crippen LogP contribution in [0.1, 0.15) is 16.3 Å². The van der Waals surface area contributed by atoms with Crippen LogP contribution in [0.15, 0.2) is 25.2 Å². The van der Waals surface area contributed by atoms with Crippen molar-refractivity contribution in [1.82, 2.24) is 10.2 Å². The van der Waals surface area contributed by atoms with Crippen molar-refractivity contribution in [1.29, 1.82) is 0 Å². The van der Waals surface area contributed by atoms with Crippen molar-refractivity contribution < 1.29 is 14.3 Å². The van der Waals surface area contributed by atoms with Crippen molar-refractivity contribution in [3.05, 3.63) is 23.7 Å². The first-order valence-corrected chi connectivity index (χ1v) is 7.54. The number of carboxylic acid groups (broad SMARTS) is 1. The van der Waals surface area contributed by atoms with Gasteiger partial charge in [-0.15, -0.1) is 10.2 Å². The maximum absolute atomic E-state index is 10.6. The molecule has 0 aromatic carbocycles. The highest BCUT2D eigenvalue weighted by Crippen LogP contribution is 2.29. The van der Waals surface area contributed by atoms with Crippen molar-refractivity contribution >= 4 is 40.8 Å². The second-order valence-corrected chi connectivity index (χ2v) is 6.15. The van der Waals surface area contributed by atoms with Crippen molar-refractivity contribution in [2.75, 3.05) is 6.26 Å². The summed E-state index contributed by atoms with van der Waals surface area (Å²) in [6, 6.07) is 3.11. The summed E-state index contributed by atoms with van der Waals surface area (Å²) >= 11 is 4.54. The molecule has 0 unspecified atom stereocenters. The average molecular weight is 288 g/mol. The summed E-state index contributed by atoms with van der Waals surface area (Å²) in [5.41, 5.74) is 0. The Labute approximate surface area is 110 Å². The molecule has 5 nitrogen and oxygen atoms in total. The van der Waals surface area contributed by atoms with Gasteiger partial charge in [0.05, 0.1) is 5.75 Å². The predicted octanol–water partition coefficient (Wildman–Crippen LogP) is 2.84. The lowest BCUT2D eigenvalue weighted by molar-refractivity contribution is 0.0661. The van der Waals surface area contributed by atoms with Gasteiger partial charge in [-0.05, 0) is 18.4 Å². The lowest BCUT2D eigenvalue weighted by Gasteiger charge is -1.92. The maximum Gasteiger partial charge on any atom is 0.371 e. The minimum Gasteiger partial charge on any atom is -0.475 e. The molecule has 0 amide bonds. The third-order valence-corrected chi connectivity index (χ3v) is 4.83. The minimum atomic E-state index is -1.05. The van der Waals surface area contributed by atoms with Gasteiger partial charge in [0.15, 0.2) is 8.68 Å². The van der Waals surface area contributed by atoms with Crippen LogP contribution in [-0.2, 0) is 5.75 Å². The molecule has 0 aliphatic carbocycles. The Hall–Kier alpha value is -0.990. The van der Waals surface area contributed by atoms with Crippen LogP contribution in [0.2, 0.25) is 0 Å². The van der Waals surface area contributed by atoms with Gasteiger partial charge in [-0.1, -0.05) is 34.9 Å². The monoisotopic (exact) mass is 288 g/mol. The van der Waals surface area contributed by atoms with Gasteiger partial charge in [-0.3, -0.25) is 0 Å². The first kappa shape index (κ1) is 12.5. The van der Waals surface area contributed by atoms with Crippen molar-refractivity contribution in [2.45, 2.75) is 14.4 Å². The van der Waals surface area contributed by atoms with E-state index in [-0.39, 0.29) is 5.76 Å². The molecule has 0 bridgehead atoms. The van der Waals surface area contributed by atoms with Crippen molar-refractivity contribution in [3.8, 4) is 0 Å². The summed E-state index contributed by atoms with van der Waals surface area (Å²) in [7, 11) is 0. The van der Waals surface area contributed by atoms with E-state index in [4.69, 9.17) is 9.52 Å². The van der Waals surface area contributed by atoms with Crippen molar-refractivity contribution in [3.63, 3.8) is 0 Å². The number of furan rings is 1. The Morgan fingerprint density at radius 1 is 1.47 bits per heavy atom. The van der Waals surface area contributed by atoms with Gasteiger partial charge >= 0.3 is 5.97 Å². The highest BCUT2D eigenvalue weighted by molar-refractivity contribution is 8.02. The molecule has 0 aliphatic heterocycles. The number of aromatic carboxylic acids is 1. The normalized spacial score (nSPS) is 10.6. The minimum absolute atomic E-state index is 0.0392. The van der Waals surface area contributed by atoms with Crippen LogP contribution in [0.3, 0.4) is 0 Å². The number of thioether (sulfide) groups is 2.